The third-order valence-electron chi connectivity index (χ3n) is 2.42. The first-order chi connectivity index (χ1) is 7.31. The summed E-state index contributed by atoms with van der Waals surface area (Å²) in [5.74, 6) is -0.516. The zero-order chi connectivity index (χ0) is 10.4. The fraction of sp³-hybridized carbons (Fsp3) is 0.222. The molecule has 0 radical (unpaired) electrons. The lowest BCUT2D eigenvalue weighted by atomic mass is 9.94. The summed E-state index contributed by atoms with van der Waals surface area (Å²) in [6.45, 7) is 0. The molecule has 3 rings (SSSR count). The van der Waals surface area contributed by atoms with Crippen LogP contribution < -0.4 is 0 Å². The van der Waals surface area contributed by atoms with Gasteiger partial charge in [-0.3, -0.25) is 0 Å². The number of nitrogens with zero attached hydrogens (tertiary/aromatic N) is 4. The highest BCUT2D eigenvalue weighted by Gasteiger charge is 2.31. The van der Waals surface area contributed by atoms with E-state index < -0.39 is 5.97 Å². The number of esters is 1. The second kappa shape index (κ2) is 2.69. The highest BCUT2D eigenvalue weighted by molar-refractivity contribution is 5.95. The molecular weight excluding hydrogens is 196 g/mol. The molecule has 3 aliphatic rings. The van der Waals surface area contributed by atoms with Crippen molar-refractivity contribution in [3.8, 4) is 11.3 Å². The second-order valence-electron chi connectivity index (χ2n) is 3.21. The van der Waals surface area contributed by atoms with Gasteiger partial charge in [0.05, 0.1) is 24.1 Å². The van der Waals surface area contributed by atoms with Crippen LogP contribution >= 0.6 is 0 Å². The van der Waals surface area contributed by atoms with Crippen molar-refractivity contribution in [2.75, 3.05) is 7.11 Å². The summed E-state index contributed by atoms with van der Waals surface area (Å²) in [5, 5.41) is 7.87. The van der Waals surface area contributed by atoms with Gasteiger partial charge in [0.25, 0.3) is 0 Å². The molecule has 6 nitrogen and oxygen atoms in total. The molecule has 2 heterocycles. The van der Waals surface area contributed by atoms with E-state index in [-0.39, 0.29) is 5.69 Å². The van der Waals surface area contributed by atoms with Crippen LogP contribution in [0, 0.1) is 0 Å². The van der Waals surface area contributed by atoms with Gasteiger partial charge in [0, 0.05) is 6.42 Å². The van der Waals surface area contributed by atoms with Crippen molar-refractivity contribution < 1.29 is 9.53 Å². The van der Waals surface area contributed by atoms with Gasteiger partial charge in [0.2, 0.25) is 0 Å². The van der Waals surface area contributed by atoms with Crippen LogP contribution in [-0.4, -0.2) is 33.2 Å². The molecule has 74 valence electrons. The molecule has 6 heteroatoms. The van der Waals surface area contributed by atoms with Crippen LogP contribution in [-0.2, 0) is 11.2 Å². The van der Waals surface area contributed by atoms with Gasteiger partial charge in [-0.05, 0) is 0 Å². The van der Waals surface area contributed by atoms with Gasteiger partial charge in [0.15, 0.2) is 5.69 Å². The molecule has 0 aromatic carbocycles. The molecule has 0 aromatic rings. The van der Waals surface area contributed by atoms with Crippen LogP contribution in [0.15, 0.2) is 6.33 Å². The summed E-state index contributed by atoms with van der Waals surface area (Å²) in [4.78, 5) is 19.4. The van der Waals surface area contributed by atoms with Crippen molar-refractivity contribution in [3.05, 3.63) is 23.4 Å². The number of hydrogen-bond acceptors (Lipinski definition) is 6. The smallest absolute Gasteiger partial charge is 0.359 e. The first-order valence-electron chi connectivity index (χ1n) is 4.38. The number of carbonyl (C=O) groups excluding carboxylic acids is 1. The van der Waals surface area contributed by atoms with Crippen molar-refractivity contribution in [2.24, 2.45) is 0 Å². The number of rotatable bonds is 1. The van der Waals surface area contributed by atoms with E-state index in [2.05, 4.69) is 24.9 Å². The average Bonchev–Trinajstić information content (AvgIpc) is 2.48. The Kier molecular flexibility index (Phi) is 1.47. The van der Waals surface area contributed by atoms with Gasteiger partial charge in [-0.1, -0.05) is 0 Å². The standard InChI is InChI=1S/C9H6N4O2/c1-15-9(14)8-7-6-4(10-3-11-8)2-5(6)12-13-7/h3H,2H2,1H3. The Morgan fingerprint density at radius 2 is 2.20 bits per heavy atom. The fourth-order valence-electron chi connectivity index (χ4n) is 1.65. The molecule has 2 aliphatic heterocycles. The Balaban J connectivity index is 2.27. The summed E-state index contributed by atoms with van der Waals surface area (Å²) in [6, 6.07) is 0. The summed E-state index contributed by atoms with van der Waals surface area (Å²) in [7, 11) is 1.31. The Labute approximate surface area is 84.7 Å². The van der Waals surface area contributed by atoms with Gasteiger partial charge >= 0.3 is 5.97 Å². The molecule has 1 aliphatic carbocycles. The monoisotopic (exact) mass is 202 g/mol. The van der Waals surface area contributed by atoms with Gasteiger partial charge in [-0.2, -0.15) is 5.10 Å². The summed E-state index contributed by atoms with van der Waals surface area (Å²) < 4.78 is 4.62. The molecule has 0 N–H and O–H groups in total. The molecule has 0 aromatic heterocycles. The Morgan fingerprint density at radius 1 is 1.33 bits per heavy atom. The van der Waals surface area contributed by atoms with Crippen LogP contribution in [0.2, 0.25) is 0 Å². The molecule has 0 atom stereocenters. The maximum atomic E-state index is 11.4. The third-order valence-corrected chi connectivity index (χ3v) is 2.42. The van der Waals surface area contributed by atoms with Crippen LogP contribution in [0.5, 0.6) is 0 Å². The van der Waals surface area contributed by atoms with Crippen LogP contribution in [0.3, 0.4) is 0 Å². The molecule has 0 saturated carbocycles. The number of aromatic nitrogens is 4. The van der Waals surface area contributed by atoms with E-state index in [1.165, 1.54) is 13.4 Å². The van der Waals surface area contributed by atoms with E-state index in [4.69, 9.17) is 0 Å². The predicted octanol–water partition coefficient (Wildman–Crippen LogP) is 0.0622. The first-order valence-corrected chi connectivity index (χ1v) is 4.38. The predicted molar refractivity (Wildman–Crippen MR) is 48.4 cm³/mol. The highest BCUT2D eigenvalue weighted by Crippen LogP contribution is 2.36. The Bertz CT molecular complexity index is 540. The molecular formula is C9H6N4O2. The van der Waals surface area contributed by atoms with E-state index in [1.807, 2.05) is 0 Å². The zero-order valence-corrected chi connectivity index (χ0v) is 7.89. The van der Waals surface area contributed by atoms with E-state index in [0.29, 0.717) is 12.1 Å². The first kappa shape index (κ1) is 8.22. The molecule has 0 saturated heterocycles. The second-order valence-corrected chi connectivity index (χ2v) is 3.21. The Hall–Kier alpha value is -2.11. The molecule has 0 bridgehead atoms. The largest absolute Gasteiger partial charge is 0.464 e. The zero-order valence-electron chi connectivity index (χ0n) is 7.89. The molecule has 0 unspecified atom stereocenters. The van der Waals surface area contributed by atoms with Gasteiger partial charge < -0.3 is 4.74 Å². The highest BCUT2D eigenvalue weighted by atomic mass is 16.5. The average molecular weight is 202 g/mol. The fourth-order valence-corrected chi connectivity index (χ4v) is 1.65. The van der Waals surface area contributed by atoms with Crippen molar-refractivity contribution in [2.45, 2.75) is 6.42 Å². The Morgan fingerprint density at radius 3 is 3.00 bits per heavy atom. The lowest BCUT2D eigenvalue weighted by Crippen LogP contribution is -2.08. The van der Waals surface area contributed by atoms with Crippen LogP contribution in [0.1, 0.15) is 21.9 Å². The van der Waals surface area contributed by atoms with Gasteiger partial charge in [-0.25, -0.2) is 14.8 Å². The van der Waals surface area contributed by atoms with E-state index >= 15 is 0 Å². The van der Waals surface area contributed by atoms with Crippen LogP contribution in [0.25, 0.3) is 11.3 Å². The normalized spacial score (nSPS) is 12.3. The summed E-state index contributed by atoms with van der Waals surface area (Å²) in [5.41, 5.74) is 3.25. The molecule has 0 fully saturated rings. The minimum atomic E-state index is -0.516. The van der Waals surface area contributed by atoms with Crippen LogP contribution in [0.4, 0.5) is 0 Å². The molecule has 0 spiro atoms. The van der Waals surface area contributed by atoms with Crippen molar-refractivity contribution >= 4 is 5.97 Å². The maximum Gasteiger partial charge on any atom is 0.359 e. The SMILES string of the molecule is COC(=O)c1ncnc2c3c(nnc1-3)C2. The number of methoxy groups -OCH3 is 1. The topological polar surface area (TPSA) is 77.9 Å². The summed E-state index contributed by atoms with van der Waals surface area (Å²) in [6.07, 6.45) is 2.05. The van der Waals surface area contributed by atoms with Crippen molar-refractivity contribution in [1.82, 2.24) is 20.2 Å². The third kappa shape index (κ3) is 0.955. The number of carbonyl (C=O) groups is 1. The minimum absolute atomic E-state index is 0.171. The van der Waals surface area contributed by atoms with E-state index in [1.54, 1.807) is 0 Å². The number of ether oxygens (including phenoxy) is 1. The lowest BCUT2D eigenvalue weighted by molar-refractivity contribution is 0.0595. The minimum Gasteiger partial charge on any atom is -0.464 e. The molecule has 0 amide bonds. The van der Waals surface area contributed by atoms with Crippen molar-refractivity contribution in [1.29, 1.82) is 0 Å². The molecule has 15 heavy (non-hydrogen) atoms. The number of hydrogen-bond donors (Lipinski definition) is 0. The van der Waals surface area contributed by atoms with E-state index in [0.717, 1.165) is 17.0 Å². The lowest BCUT2D eigenvalue weighted by Gasteiger charge is -2.10. The van der Waals surface area contributed by atoms with Crippen molar-refractivity contribution in [3.63, 3.8) is 0 Å². The van der Waals surface area contributed by atoms with E-state index in [9.17, 15) is 4.79 Å². The summed E-state index contributed by atoms with van der Waals surface area (Å²) >= 11 is 0. The van der Waals surface area contributed by atoms with Gasteiger partial charge in [-0.15, -0.1) is 5.10 Å². The van der Waals surface area contributed by atoms with Gasteiger partial charge in [0.1, 0.15) is 12.0 Å². The quantitative estimate of drug-likeness (QED) is 0.519. The maximum absolute atomic E-state index is 11.4.